The van der Waals surface area contributed by atoms with Crippen molar-refractivity contribution in [2.24, 2.45) is 5.73 Å². The van der Waals surface area contributed by atoms with Gasteiger partial charge in [0.25, 0.3) is 0 Å². The van der Waals surface area contributed by atoms with Crippen LogP contribution in [-0.2, 0) is 19.1 Å². The molecule has 0 aliphatic carbocycles. The Balaban J connectivity index is 2.40. The number of hydrogen-bond donors (Lipinski definition) is 3. The van der Waals surface area contributed by atoms with Crippen molar-refractivity contribution in [2.45, 2.75) is 31.4 Å². The van der Waals surface area contributed by atoms with E-state index in [0.29, 0.717) is 6.42 Å². The summed E-state index contributed by atoms with van der Waals surface area (Å²) in [7, 11) is 1.47. The number of hydrogen-bond acceptors (Lipinski definition) is 5. The number of nitrogens with two attached hydrogens (primary N) is 1. The second kappa shape index (κ2) is 6.31. The quantitative estimate of drug-likeness (QED) is 0.497. The van der Waals surface area contributed by atoms with Crippen LogP contribution >= 0.6 is 0 Å². The molecule has 3 amide bonds. The lowest BCUT2D eigenvalue weighted by Crippen LogP contribution is -2.52. The van der Waals surface area contributed by atoms with E-state index in [4.69, 9.17) is 10.5 Å². The van der Waals surface area contributed by atoms with Gasteiger partial charge in [-0.3, -0.25) is 19.7 Å². The summed E-state index contributed by atoms with van der Waals surface area (Å²) < 4.78 is 4.96. The predicted molar refractivity (Wildman–Crippen MR) is 58.8 cm³/mol. The number of imide groups is 1. The molecule has 0 bridgehead atoms. The Kier molecular flexibility index (Phi) is 5.05. The third-order valence-corrected chi connectivity index (χ3v) is 2.58. The molecule has 2 atom stereocenters. The molecule has 17 heavy (non-hydrogen) atoms. The zero-order chi connectivity index (χ0) is 12.8. The van der Waals surface area contributed by atoms with Crippen molar-refractivity contribution in [3.05, 3.63) is 0 Å². The fraction of sp³-hybridized carbons (Fsp3) is 0.700. The van der Waals surface area contributed by atoms with Crippen molar-refractivity contribution in [3.63, 3.8) is 0 Å². The van der Waals surface area contributed by atoms with Crippen molar-refractivity contribution in [1.29, 1.82) is 0 Å². The van der Waals surface area contributed by atoms with Crippen LogP contribution in [0, 0.1) is 0 Å². The fourth-order valence-corrected chi connectivity index (χ4v) is 1.55. The monoisotopic (exact) mass is 243 g/mol. The van der Waals surface area contributed by atoms with Gasteiger partial charge in [-0.05, 0) is 6.42 Å². The Morgan fingerprint density at radius 1 is 1.65 bits per heavy atom. The maximum absolute atomic E-state index is 11.6. The zero-order valence-electron chi connectivity index (χ0n) is 9.69. The summed E-state index contributed by atoms with van der Waals surface area (Å²) in [6.45, 7) is 0.235. The van der Waals surface area contributed by atoms with E-state index in [2.05, 4.69) is 10.6 Å². The first kappa shape index (κ1) is 13.6. The molecule has 7 heteroatoms. The first-order chi connectivity index (χ1) is 8.06. The van der Waals surface area contributed by atoms with Crippen LogP contribution in [0.25, 0.3) is 0 Å². The minimum atomic E-state index is -0.643. The molecule has 7 nitrogen and oxygen atoms in total. The highest BCUT2D eigenvalue weighted by Crippen LogP contribution is 2.05. The molecule has 0 radical (unpaired) electrons. The second-order valence-corrected chi connectivity index (χ2v) is 3.87. The summed E-state index contributed by atoms with van der Waals surface area (Å²) >= 11 is 0. The van der Waals surface area contributed by atoms with Gasteiger partial charge in [-0.2, -0.15) is 0 Å². The number of amides is 3. The summed E-state index contributed by atoms with van der Waals surface area (Å²) in [6, 6.07) is -0.643. The highest BCUT2D eigenvalue weighted by atomic mass is 16.5. The summed E-state index contributed by atoms with van der Waals surface area (Å²) in [6.07, 6.45) is 0.311. The molecule has 1 heterocycles. The number of carbonyl (C=O) groups is 3. The molecule has 1 rings (SSSR count). The van der Waals surface area contributed by atoms with Gasteiger partial charge in [-0.15, -0.1) is 0 Å². The van der Waals surface area contributed by atoms with E-state index in [1.165, 1.54) is 7.11 Å². The predicted octanol–water partition coefficient (Wildman–Crippen LogP) is -1.73. The Hall–Kier alpha value is -1.47. The lowest BCUT2D eigenvalue weighted by molar-refractivity contribution is -0.137. The molecule has 2 unspecified atom stereocenters. The molecule has 1 saturated heterocycles. The van der Waals surface area contributed by atoms with Gasteiger partial charge in [-0.25, -0.2) is 0 Å². The number of nitrogens with one attached hydrogen (secondary N) is 2. The van der Waals surface area contributed by atoms with E-state index in [-0.39, 0.29) is 37.3 Å². The van der Waals surface area contributed by atoms with Crippen molar-refractivity contribution >= 4 is 17.7 Å². The normalized spacial score (nSPS) is 21.9. The minimum absolute atomic E-state index is 0.102. The van der Waals surface area contributed by atoms with Gasteiger partial charge in [0.05, 0.1) is 12.5 Å². The number of rotatable bonds is 5. The smallest absolute Gasteiger partial charge is 0.249 e. The summed E-state index contributed by atoms with van der Waals surface area (Å²) in [5, 5.41) is 4.72. The topological polar surface area (TPSA) is 111 Å². The average molecular weight is 243 g/mol. The molecule has 0 spiro atoms. The maximum atomic E-state index is 11.6. The van der Waals surface area contributed by atoms with Crippen molar-refractivity contribution in [1.82, 2.24) is 10.6 Å². The molecule has 4 N–H and O–H groups in total. The van der Waals surface area contributed by atoms with E-state index >= 15 is 0 Å². The highest BCUT2D eigenvalue weighted by molar-refractivity contribution is 6.01. The van der Waals surface area contributed by atoms with E-state index in [9.17, 15) is 14.4 Å². The van der Waals surface area contributed by atoms with Crippen molar-refractivity contribution in [2.75, 3.05) is 13.7 Å². The second-order valence-electron chi connectivity index (χ2n) is 3.87. The molecule has 0 aromatic carbocycles. The Bertz CT molecular complexity index is 315. The zero-order valence-corrected chi connectivity index (χ0v) is 9.69. The largest absolute Gasteiger partial charge is 0.380 e. The van der Waals surface area contributed by atoms with E-state index in [0.717, 1.165) is 0 Å². The number of piperidine rings is 1. The van der Waals surface area contributed by atoms with Crippen molar-refractivity contribution < 1.29 is 19.1 Å². The molecular formula is C10H17N3O4. The van der Waals surface area contributed by atoms with Crippen LogP contribution in [0.4, 0.5) is 0 Å². The molecule has 0 saturated carbocycles. The lowest BCUT2D eigenvalue weighted by Gasteiger charge is -2.22. The van der Waals surface area contributed by atoms with Crippen molar-refractivity contribution in [3.8, 4) is 0 Å². The van der Waals surface area contributed by atoms with Gasteiger partial charge < -0.3 is 15.8 Å². The van der Waals surface area contributed by atoms with Gasteiger partial charge in [-0.1, -0.05) is 0 Å². The Morgan fingerprint density at radius 3 is 2.88 bits per heavy atom. The minimum Gasteiger partial charge on any atom is -0.380 e. The van der Waals surface area contributed by atoms with Crippen LogP contribution in [0.3, 0.4) is 0 Å². The molecule has 96 valence electrons. The summed E-state index contributed by atoms with van der Waals surface area (Å²) in [5.41, 5.74) is 5.38. The Morgan fingerprint density at radius 2 is 2.35 bits per heavy atom. The molecule has 0 aromatic rings. The van der Waals surface area contributed by atoms with E-state index < -0.39 is 11.9 Å². The molecular weight excluding hydrogens is 226 g/mol. The average Bonchev–Trinajstić information content (AvgIpc) is 2.29. The number of ether oxygens (including phenoxy) is 1. The number of carbonyl (C=O) groups excluding carboxylic acids is 3. The van der Waals surface area contributed by atoms with Crippen LogP contribution in [-0.4, -0.2) is 43.5 Å². The standard InChI is InChI=1S/C10H17N3O4/c1-17-6(5-11)4-9(15)12-7-2-3-8(14)13-10(7)16/h6-7H,2-5,11H2,1H3,(H,12,15)(H,13,14,16). The fourth-order valence-electron chi connectivity index (χ4n) is 1.55. The highest BCUT2D eigenvalue weighted by Gasteiger charge is 2.28. The van der Waals surface area contributed by atoms with E-state index in [1.807, 2.05) is 0 Å². The van der Waals surface area contributed by atoms with Crippen LogP contribution in [0.5, 0.6) is 0 Å². The van der Waals surface area contributed by atoms with Gasteiger partial charge in [0, 0.05) is 20.1 Å². The first-order valence-electron chi connectivity index (χ1n) is 5.42. The SMILES string of the molecule is COC(CN)CC(=O)NC1CCC(=O)NC1=O. The van der Waals surface area contributed by atoms with Crippen LogP contribution < -0.4 is 16.4 Å². The third kappa shape index (κ3) is 4.12. The summed E-state index contributed by atoms with van der Waals surface area (Å²) in [5.74, 6) is -1.08. The van der Waals surface area contributed by atoms with Gasteiger partial charge >= 0.3 is 0 Å². The maximum Gasteiger partial charge on any atom is 0.249 e. The number of methoxy groups -OCH3 is 1. The van der Waals surface area contributed by atoms with E-state index in [1.54, 1.807) is 0 Å². The first-order valence-corrected chi connectivity index (χ1v) is 5.42. The molecule has 0 aromatic heterocycles. The molecule has 1 aliphatic heterocycles. The Labute approximate surface area is 99.1 Å². The molecule has 1 fully saturated rings. The van der Waals surface area contributed by atoms with Crippen LogP contribution in [0.2, 0.25) is 0 Å². The molecule has 1 aliphatic rings. The third-order valence-electron chi connectivity index (χ3n) is 2.58. The van der Waals surface area contributed by atoms with Gasteiger partial charge in [0.2, 0.25) is 17.7 Å². The van der Waals surface area contributed by atoms with Crippen LogP contribution in [0.15, 0.2) is 0 Å². The summed E-state index contributed by atoms with van der Waals surface area (Å²) in [4.78, 5) is 33.8. The van der Waals surface area contributed by atoms with Gasteiger partial charge in [0.1, 0.15) is 6.04 Å². The van der Waals surface area contributed by atoms with Crippen LogP contribution in [0.1, 0.15) is 19.3 Å². The van der Waals surface area contributed by atoms with Gasteiger partial charge in [0.15, 0.2) is 0 Å². The lowest BCUT2D eigenvalue weighted by atomic mass is 10.1.